The number of halogens is 3. The highest BCUT2D eigenvalue weighted by Crippen LogP contribution is 2.40. The number of hydrogen-bond acceptors (Lipinski definition) is 9. The summed E-state index contributed by atoms with van der Waals surface area (Å²) in [7, 11) is -1.72. The van der Waals surface area contributed by atoms with E-state index in [1.165, 1.54) is 43.7 Å². The molecule has 2 N–H and O–H groups in total. The molecule has 3 heterocycles. The Morgan fingerprint density at radius 2 is 1.97 bits per heavy atom. The van der Waals surface area contributed by atoms with Crippen molar-refractivity contribution < 1.29 is 36.5 Å². The molecule has 11 nitrogen and oxygen atoms in total. The van der Waals surface area contributed by atoms with Gasteiger partial charge in [0.2, 0.25) is 5.88 Å². The van der Waals surface area contributed by atoms with Gasteiger partial charge in [-0.3, -0.25) is 10.3 Å². The highest BCUT2D eigenvalue weighted by Gasteiger charge is 2.49. The fraction of sp³-hybridized carbons (Fsp3) is 0.375. The fourth-order valence-electron chi connectivity index (χ4n) is 4.13. The maximum absolute atomic E-state index is 15.2. The van der Waals surface area contributed by atoms with Gasteiger partial charge in [0.15, 0.2) is 12.4 Å². The van der Waals surface area contributed by atoms with Crippen molar-refractivity contribution in [1.29, 1.82) is 0 Å². The second kappa shape index (κ2) is 10.3. The number of aliphatic imine (C=N–C) groups is 1. The second-order valence-corrected chi connectivity index (χ2v) is 12.3. The zero-order chi connectivity index (χ0) is 28.6. The third-order valence-electron chi connectivity index (χ3n) is 6.31. The monoisotopic (exact) mass is 566 g/mol. The Balaban J connectivity index is 1.71. The molecule has 15 heteroatoms. The first-order valence-electron chi connectivity index (χ1n) is 11.5. The second-order valence-electron chi connectivity index (χ2n) is 9.36. The largest absolute Gasteiger partial charge is 0.470 e. The third-order valence-corrected chi connectivity index (χ3v) is 9.64. The zero-order valence-corrected chi connectivity index (χ0v) is 22.1. The maximum atomic E-state index is 15.2. The smallest absolute Gasteiger partial charge is 0.410 e. The van der Waals surface area contributed by atoms with Crippen LogP contribution in [-0.4, -0.2) is 66.9 Å². The average molecular weight is 567 g/mol. The van der Waals surface area contributed by atoms with Crippen molar-refractivity contribution in [1.82, 2.24) is 20.4 Å². The highest BCUT2D eigenvalue weighted by molar-refractivity contribution is 7.95. The molecule has 0 fully saturated rings. The van der Waals surface area contributed by atoms with Gasteiger partial charge >= 0.3 is 6.09 Å². The molecule has 1 aliphatic heterocycles. The Morgan fingerprint density at radius 1 is 1.23 bits per heavy atom. The van der Waals surface area contributed by atoms with Crippen LogP contribution in [0.4, 0.5) is 18.0 Å². The van der Waals surface area contributed by atoms with Gasteiger partial charge in [-0.25, -0.2) is 36.5 Å². The number of amides is 1. The summed E-state index contributed by atoms with van der Waals surface area (Å²) in [5.41, 5.74) is -0.435. The normalized spacial score (nSPS) is 22.3. The van der Waals surface area contributed by atoms with Gasteiger partial charge in [-0.15, -0.1) is 0 Å². The number of hydrogen-bond donors (Lipinski definition) is 2. The number of ether oxygens (including phenoxy) is 1. The molecule has 208 valence electrons. The number of carboxylic acid groups (broad SMARTS) is 1. The number of rotatable bonds is 6. The van der Waals surface area contributed by atoms with Crippen LogP contribution in [0.2, 0.25) is 0 Å². The van der Waals surface area contributed by atoms with Crippen LogP contribution in [0.1, 0.15) is 26.3 Å². The van der Waals surface area contributed by atoms with Crippen molar-refractivity contribution in [3.8, 4) is 28.6 Å². The Bertz CT molecular complexity index is 1550. The molecular weight excluding hydrogens is 541 g/mol. The van der Waals surface area contributed by atoms with E-state index in [-0.39, 0.29) is 40.2 Å². The minimum absolute atomic E-state index is 0.0508. The molecule has 1 aromatic carbocycles. The number of alkyl halides is 2. The standard InChI is InChI=1S/C24H25F3N6O5S/c1-23(2)21(31-22(34)35)32-24(3,12-39(23,36)28-4)14-7-13(5-6-15(14)25)18-8-16(33-38-18)17-9-30-20(10-29-17)37-11-19(26)27/h5-10,19H,11-12H2,1-4H3,(H,31,32)(H,34,35)/t24-,39-/m0/s1. The van der Waals surface area contributed by atoms with Gasteiger partial charge in [0.05, 0.1) is 27.9 Å². The number of carbonyl (C=O) groups is 1. The topological polar surface area (TPSA) is 152 Å². The van der Waals surface area contributed by atoms with E-state index < -0.39 is 45.0 Å². The Morgan fingerprint density at radius 3 is 2.59 bits per heavy atom. The fourth-order valence-corrected chi connectivity index (χ4v) is 6.46. The molecule has 0 spiro atoms. The third kappa shape index (κ3) is 5.44. The molecule has 0 unspecified atom stereocenters. The lowest BCUT2D eigenvalue weighted by Gasteiger charge is -2.41. The number of nitrogens with one attached hydrogen (secondary N) is 1. The van der Waals surface area contributed by atoms with Crippen LogP contribution in [0.15, 0.2) is 50.5 Å². The predicted octanol–water partition coefficient (Wildman–Crippen LogP) is 4.35. The van der Waals surface area contributed by atoms with E-state index in [1.807, 2.05) is 0 Å². The lowest BCUT2D eigenvalue weighted by atomic mass is 9.91. The predicted molar refractivity (Wildman–Crippen MR) is 136 cm³/mol. The molecule has 0 radical (unpaired) electrons. The summed E-state index contributed by atoms with van der Waals surface area (Å²) in [6, 6.07) is 5.63. The van der Waals surface area contributed by atoms with E-state index in [0.717, 1.165) is 0 Å². The lowest BCUT2D eigenvalue weighted by molar-refractivity contribution is 0.0794. The first-order valence-corrected chi connectivity index (χ1v) is 13.2. The maximum Gasteiger partial charge on any atom is 0.410 e. The summed E-state index contributed by atoms with van der Waals surface area (Å²) in [5, 5.41) is 15.5. The van der Waals surface area contributed by atoms with E-state index >= 15 is 4.39 Å². The first kappa shape index (κ1) is 28.0. The molecule has 3 aromatic rings. The zero-order valence-electron chi connectivity index (χ0n) is 21.3. The molecule has 1 aliphatic rings. The van der Waals surface area contributed by atoms with Crippen molar-refractivity contribution in [3.05, 3.63) is 48.0 Å². The van der Waals surface area contributed by atoms with E-state index in [2.05, 4.69) is 29.8 Å². The van der Waals surface area contributed by atoms with Crippen molar-refractivity contribution in [2.75, 3.05) is 19.4 Å². The molecular formula is C24H25F3N6O5S. The van der Waals surface area contributed by atoms with Gasteiger partial charge in [0, 0.05) is 24.2 Å². The SMILES string of the molecule is CN=[S@]1(=O)C[C@@](C)(c2cc(-c3cc(-c4cnc(OCC(F)F)cn4)no3)ccc2F)N=C(NC(=O)O)C1(C)C. The van der Waals surface area contributed by atoms with E-state index in [0.29, 0.717) is 5.56 Å². The van der Waals surface area contributed by atoms with Crippen LogP contribution in [-0.2, 0) is 15.3 Å². The van der Waals surface area contributed by atoms with Gasteiger partial charge in [0.1, 0.15) is 33.3 Å². The lowest BCUT2D eigenvalue weighted by Crippen LogP contribution is -2.57. The van der Waals surface area contributed by atoms with E-state index in [1.54, 1.807) is 20.8 Å². The summed E-state index contributed by atoms with van der Waals surface area (Å²) >= 11 is 0. The van der Waals surface area contributed by atoms with Crippen LogP contribution in [0.3, 0.4) is 0 Å². The summed E-state index contributed by atoms with van der Waals surface area (Å²) < 4.78 is 66.8. The van der Waals surface area contributed by atoms with Crippen molar-refractivity contribution in [3.63, 3.8) is 0 Å². The summed E-state index contributed by atoms with van der Waals surface area (Å²) in [6.07, 6.45) is -1.60. The highest BCUT2D eigenvalue weighted by atomic mass is 32.2. The minimum Gasteiger partial charge on any atom is -0.470 e. The molecule has 1 amide bonds. The van der Waals surface area contributed by atoms with Gasteiger partial charge in [0.25, 0.3) is 6.43 Å². The number of amidine groups is 1. The first-order chi connectivity index (χ1) is 18.3. The number of aromatic nitrogens is 3. The van der Waals surface area contributed by atoms with Crippen LogP contribution >= 0.6 is 0 Å². The van der Waals surface area contributed by atoms with Crippen molar-refractivity contribution in [2.45, 2.75) is 37.5 Å². The molecule has 0 saturated carbocycles. The van der Waals surface area contributed by atoms with Crippen LogP contribution in [0.5, 0.6) is 5.88 Å². The van der Waals surface area contributed by atoms with Crippen LogP contribution in [0.25, 0.3) is 22.7 Å². The Kier molecular flexibility index (Phi) is 7.38. The molecule has 0 bridgehead atoms. The molecule has 0 saturated heterocycles. The quantitative estimate of drug-likeness (QED) is 0.447. The van der Waals surface area contributed by atoms with Gasteiger partial charge in [-0.05, 0) is 39.0 Å². The van der Waals surface area contributed by atoms with Crippen LogP contribution in [0, 0.1) is 5.82 Å². The summed E-state index contributed by atoms with van der Waals surface area (Å²) in [6.45, 7) is 3.88. The minimum atomic E-state index is -3.10. The molecule has 39 heavy (non-hydrogen) atoms. The average Bonchev–Trinajstić information content (AvgIpc) is 3.37. The Labute approximate surface area is 221 Å². The van der Waals surface area contributed by atoms with E-state index in [9.17, 15) is 22.9 Å². The Hall–Kier alpha value is -4.01. The summed E-state index contributed by atoms with van der Waals surface area (Å²) in [4.78, 5) is 24.0. The number of nitrogens with zero attached hydrogens (tertiary/aromatic N) is 5. The van der Waals surface area contributed by atoms with Crippen molar-refractivity contribution in [2.24, 2.45) is 9.36 Å². The summed E-state index contributed by atoms with van der Waals surface area (Å²) in [5.74, 6) is -0.749. The molecule has 4 rings (SSSR count). The van der Waals surface area contributed by atoms with Gasteiger partial charge < -0.3 is 14.4 Å². The van der Waals surface area contributed by atoms with E-state index in [4.69, 9.17) is 9.26 Å². The van der Waals surface area contributed by atoms with Gasteiger partial charge in [-0.2, -0.15) is 0 Å². The molecule has 2 aromatic heterocycles. The molecule has 2 atom stereocenters. The number of benzene rings is 1. The molecule has 0 aliphatic carbocycles. The van der Waals surface area contributed by atoms with Crippen molar-refractivity contribution >= 4 is 21.7 Å². The van der Waals surface area contributed by atoms with Crippen LogP contribution < -0.4 is 10.1 Å². The van der Waals surface area contributed by atoms with Gasteiger partial charge in [-0.1, -0.05) is 5.16 Å².